The van der Waals surface area contributed by atoms with E-state index in [2.05, 4.69) is 21.0 Å². The van der Waals surface area contributed by atoms with Crippen LogP contribution in [-0.4, -0.2) is 19.5 Å². The molecule has 0 atom stereocenters. The summed E-state index contributed by atoms with van der Waals surface area (Å²) >= 11 is 0. The van der Waals surface area contributed by atoms with Crippen LogP contribution in [0, 0.1) is 11.3 Å². The van der Waals surface area contributed by atoms with Gasteiger partial charge < -0.3 is 9.55 Å². The molecular formula is C9H9N5. The molecule has 2 aromatic heterocycles. The largest absolute Gasteiger partial charge is 0.342 e. The van der Waals surface area contributed by atoms with Gasteiger partial charge in [0.25, 0.3) is 0 Å². The van der Waals surface area contributed by atoms with Crippen LogP contribution in [0.4, 0.5) is 0 Å². The summed E-state index contributed by atoms with van der Waals surface area (Å²) in [5.41, 5.74) is 0. The third-order valence-electron chi connectivity index (χ3n) is 1.89. The fraction of sp³-hybridized carbons (Fsp3) is 0.222. The monoisotopic (exact) mass is 187 g/mol. The minimum Gasteiger partial charge on any atom is -0.342 e. The SMILES string of the molecule is N#CCCn1ccnc1-c1ncc[nH]1. The highest BCUT2D eigenvalue weighted by Gasteiger charge is 2.06. The molecule has 0 saturated carbocycles. The predicted octanol–water partition coefficient (Wildman–Crippen LogP) is 1.19. The summed E-state index contributed by atoms with van der Waals surface area (Å²) < 4.78 is 1.90. The lowest BCUT2D eigenvalue weighted by molar-refractivity contribution is 0.719. The Morgan fingerprint density at radius 3 is 3.07 bits per heavy atom. The maximum atomic E-state index is 8.48. The first kappa shape index (κ1) is 8.51. The summed E-state index contributed by atoms with van der Waals surface area (Å²) in [6, 6.07) is 2.10. The minimum atomic E-state index is 0.476. The van der Waals surface area contributed by atoms with Gasteiger partial charge in [0.15, 0.2) is 11.6 Å². The van der Waals surface area contributed by atoms with Crippen molar-refractivity contribution in [3.63, 3.8) is 0 Å². The van der Waals surface area contributed by atoms with Gasteiger partial charge in [-0.25, -0.2) is 9.97 Å². The van der Waals surface area contributed by atoms with Gasteiger partial charge in [-0.3, -0.25) is 0 Å². The molecule has 0 aliphatic rings. The molecule has 2 rings (SSSR count). The van der Waals surface area contributed by atoms with Gasteiger partial charge >= 0.3 is 0 Å². The zero-order valence-electron chi connectivity index (χ0n) is 7.51. The molecule has 14 heavy (non-hydrogen) atoms. The second kappa shape index (κ2) is 3.75. The number of imidazole rings is 2. The number of hydrogen-bond acceptors (Lipinski definition) is 3. The van der Waals surface area contributed by atoms with Crippen LogP contribution in [0.25, 0.3) is 11.6 Å². The van der Waals surface area contributed by atoms with Crippen molar-refractivity contribution in [3.05, 3.63) is 24.8 Å². The van der Waals surface area contributed by atoms with Crippen LogP contribution >= 0.6 is 0 Å². The maximum Gasteiger partial charge on any atom is 0.176 e. The number of aryl methyl sites for hydroxylation is 1. The Bertz CT molecular complexity index is 434. The first-order valence-corrected chi connectivity index (χ1v) is 4.29. The highest BCUT2D eigenvalue weighted by Crippen LogP contribution is 2.11. The first-order chi connectivity index (χ1) is 6.92. The molecule has 0 aliphatic heterocycles. The molecule has 5 nitrogen and oxygen atoms in total. The van der Waals surface area contributed by atoms with Crippen LogP contribution in [-0.2, 0) is 6.54 Å². The van der Waals surface area contributed by atoms with Crippen molar-refractivity contribution in [1.29, 1.82) is 5.26 Å². The summed E-state index contributed by atoms with van der Waals surface area (Å²) in [4.78, 5) is 11.3. The quantitative estimate of drug-likeness (QED) is 0.784. The third-order valence-corrected chi connectivity index (χ3v) is 1.89. The summed E-state index contributed by atoms with van der Waals surface area (Å²) in [6.45, 7) is 0.645. The molecule has 0 fully saturated rings. The Hall–Kier alpha value is -2.09. The number of aromatic nitrogens is 4. The topological polar surface area (TPSA) is 70.3 Å². The number of nitrogens with one attached hydrogen (secondary N) is 1. The third kappa shape index (κ3) is 1.50. The lowest BCUT2D eigenvalue weighted by Gasteiger charge is -2.01. The van der Waals surface area contributed by atoms with Crippen molar-refractivity contribution in [2.75, 3.05) is 0 Å². The molecule has 0 radical (unpaired) electrons. The van der Waals surface area contributed by atoms with Gasteiger partial charge in [0.05, 0.1) is 12.5 Å². The number of nitrogens with zero attached hydrogens (tertiary/aromatic N) is 4. The Labute approximate surface area is 81.0 Å². The molecule has 2 aromatic rings. The van der Waals surface area contributed by atoms with E-state index in [4.69, 9.17) is 5.26 Å². The summed E-state index contributed by atoms with van der Waals surface area (Å²) in [6.07, 6.45) is 7.45. The zero-order chi connectivity index (χ0) is 9.80. The summed E-state index contributed by atoms with van der Waals surface area (Å²) in [7, 11) is 0. The standard InChI is InChI=1S/C9H9N5/c10-2-1-6-14-7-5-13-9(14)8-11-3-4-12-8/h3-5,7H,1,6H2,(H,11,12). The van der Waals surface area contributed by atoms with Gasteiger partial charge in [-0.1, -0.05) is 0 Å². The second-order valence-corrected chi connectivity index (χ2v) is 2.79. The Morgan fingerprint density at radius 2 is 2.36 bits per heavy atom. The van der Waals surface area contributed by atoms with Crippen LogP contribution in [0.15, 0.2) is 24.8 Å². The molecular weight excluding hydrogens is 178 g/mol. The van der Waals surface area contributed by atoms with Crippen molar-refractivity contribution < 1.29 is 0 Å². The highest BCUT2D eigenvalue weighted by atomic mass is 15.1. The predicted molar refractivity (Wildman–Crippen MR) is 50.0 cm³/mol. The van der Waals surface area contributed by atoms with E-state index < -0.39 is 0 Å². The summed E-state index contributed by atoms with van der Waals surface area (Å²) in [5.74, 6) is 1.50. The van der Waals surface area contributed by atoms with Gasteiger partial charge in [-0.15, -0.1) is 0 Å². The molecule has 70 valence electrons. The number of aromatic amines is 1. The van der Waals surface area contributed by atoms with E-state index in [9.17, 15) is 0 Å². The number of nitriles is 1. The van der Waals surface area contributed by atoms with Crippen molar-refractivity contribution in [2.45, 2.75) is 13.0 Å². The number of hydrogen-bond donors (Lipinski definition) is 1. The molecule has 0 amide bonds. The molecule has 0 aliphatic carbocycles. The Balaban J connectivity index is 2.27. The van der Waals surface area contributed by atoms with Crippen LogP contribution in [0.2, 0.25) is 0 Å². The molecule has 0 bridgehead atoms. The van der Waals surface area contributed by atoms with Crippen molar-refractivity contribution >= 4 is 0 Å². The smallest absolute Gasteiger partial charge is 0.176 e. The fourth-order valence-corrected chi connectivity index (χ4v) is 1.26. The van der Waals surface area contributed by atoms with Crippen molar-refractivity contribution in [1.82, 2.24) is 19.5 Å². The normalized spacial score (nSPS) is 9.93. The van der Waals surface area contributed by atoms with Gasteiger partial charge in [0.2, 0.25) is 0 Å². The van der Waals surface area contributed by atoms with Gasteiger partial charge in [0.1, 0.15) is 0 Å². The van der Waals surface area contributed by atoms with Crippen LogP contribution in [0.3, 0.4) is 0 Å². The van der Waals surface area contributed by atoms with E-state index in [0.717, 1.165) is 11.6 Å². The summed E-state index contributed by atoms with van der Waals surface area (Å²) in [5, 5.41) is 8.48. The first-order valence-electron chi connectivity index (χ1n) is 4.29. The maximum absolute atomic E-state index is 8.48. The lowest BCUT2D eigenvalue weighted by Crippen LogP contribution is -1.99. The fourth-order valence-electron chi connectivity index (χ4n) is 1.26. The zero-order valence-corrected chi connectivity index (χ0v) is 7.51. The van der Waals surface area contributed by atoms with E-state index >= 15 is 0 Å². The molecule has 1 N–H and O–H groups in total. The van der Waals surface area contributed by atoms with Crippen LogP contribution < -0.4 is 0 Å². The highest BCUT2D eigenvalue weighted by molar-refractivity contribution is 5.43. The Morgan fingerprint density at radius 1 is 1.43 bits per heavy atom. The van der Waals surface area contributed by atoms with Crippen LogP contribution in [0.5, 0.6) is 0 Å². The minimum absolute atomic E-state index is 0.476. The van der Waals surface area contributed by atoms with E-state index in [1.165, 1.54) is 0 Å². The van der Waals surface area contributed by atoms with E-state index in [1.807, 2.05) is 10.8 Å². The van der Waals surface area contributed by atoms with Crippen molar-refractivity contribution in [3.8, 4) is 17.7 Å². The molecule has 0 unspecified atom stereocenters. The van der Waals surface area contributed by atoms with E-state index in [0.29, 0.717) is 13.0 Å². The average molecular weight is 187 g/mol. The van der Waals surface area contributed by atoms with E-state index in [1.54, 1.807) is 18.6 Å². The number of rotatable bonds is 3. The molecule has 0 aromatic carbocycles. The Kier molecular flexibility index (Phi) is 2.28. The molecule has 2 heterocycles. The van der Waals surface area contributed by atoms with Gasteiger partial charge in [-0.2, -0.15) is 5.26 Å². The number of H-pyrrole nitrogens is 1. The van der Waals surface area contributed by atoms with Crippen LogP contribution in [0.1, 0.15) is 6.42 Å². The van der Waals surface area contributed by atoms with Gasteiger partial charge in [0, 0.05) is 31.3 Å². The molecule has 5 heteroatoms. The van der Waals surface area contributed by atoms with E-state index in [-0.39, 0.29) is 0 Å². The average Bonchev–Trinajstić information content (AvgIpc) is 2.84. The lowest BCUT2D eigenvalue weighted by atomic mass is 10.4. The molecule has 0 spiro atoms. The van der Waals surface area contributed by atoms with Gasteiger partial charge in [-0.05, 0) is 0 Å². The van der Waals surface area contributed by atoms with Crippen molar-refractivity contribution in [2.24, 2.45) is 0 Å². The molecule has 0 saturated heterocycles. The second-order valence-electron chi connectivity index (χ2n) is 2.79.